The van der Waals surface area contributed by atoms with Gasteiger partial charge in [0.25, 0.3) is 5.91 Å². The van der Waals surface area contributed by atoms with Crippen LogP contribution < -0.4 is 10.1 Å². The molecule has 1 N–H and O–H groups in total. The highest BCUT2D eigenvalue weighted by molar-refractivity contribution is 9.10. The minimum absolute atomic E-state index is 0.113. The number of anilines is 1. The van der Waals surface area contributed by atoms with E-state index in [0.717, 1.165) is 0 Å². The van der Waals surface area contributed by atoms with Crippen LogP contribution in [-0.2, 0) is 0 Å². The zero-order chi connectivity index (χ0) is 15.4. The molecule has 0 fully saturated rings. The molecule has 0 aliphatic rings. The van der Waals surface area contributed by atoms with Gasteiger partial charge in [-0.05, 0) is 52.3 Å². The normalized spacial score (nSPS) is 10.5. The molecule has 0 bridgehead atoms. The van der Waals surface area contributed by atoms with Crippen LogP contribution in [0.4, 0.5) is 18.9 Å². The Bertz CT molecular complexity index is 664. The molecule has 0 aromatic heterocycles. The highest BCUT2D eigenvalue weighted by Gasteiger charge is 2.10. The Morgan fingerprint density at radius 3 is 2.62 bits per heavy atom. The lowest BCUT2D eigenvalue weighted by atomic mass is 10.2. The highest BCUT2D eigenvalue weighted by Crippen LogP contribution is 2.21. The zero-order valence-corrected chi connectivity index (χ0v) is 12.0. The SMILES string of the molecule is O=C(Nc1ccc(F)c(Br)c1)c1cccc(OC(F)F)c1. The van der Waals surface area contributed by atoms with Crippen molar-refractivity contribution in [1.82, 2.24) is 0 Å². The number of amides is 1. The maximum Gasteiger partial charge on any atom is 0.387 e. The summed E-state index contributed by atoms with van der Waals surface area (Å²) in [5, 5.41) is 2.53. The van der Waals surface area contributed by atoms with E-state index in [0.29, 0.717) is 5.69 Å². The smallest absolute Gasteiger partial charge is 0.387 e. The number of nitrogens with one attached hydrogen (secondary N) is 1. The van der Waals surface area contributed by atoms with Gasteiger partial charge in [-0.2, -0.15) is 8.78 Å². The Labute approximate surface area is 126 Å². The van der Waals surface area contributed by atoms with Crippen molar-refractivity contribution < 1.29 is 22.7 Å². The second kappa shape index (κ2) is 6.62. The van der Waals surface area contributed by atoms with E-state index in [1.807, 2.05) is 0 Å². The molecule has 110 valence electrons. The third-order valence-corrected chi connectivity index (χ3v) is 3.11. The van der Waals surface area contributed by atoms with Crippen molar-refractivity contribution in [3.63, 3.8) is 0 Å². The third-order valence-electron chi connectivity index (χ3n) is 2.50. The maximum absolute atomic E-state index is 13.1. The first kappa shape index (κ1) is 15.4. The molecule has 0 heterocycles. The van der Waals surface area contributed by atoms with Crippen LogP contribution in [0, 0.1) is 5.82 Å². The molecule has 2 aromatic carbocycles. The van der Waals surface area contributed by atoms with Gasteiger partial charge in [0.05, 0.1) is 4.47 Å². The first-order valence-electron chi connectivity index (χ1n) is 5.77. The number of hydrogen-bond acceptors (Lipinski definition) is 2. The molecule has 0 saturated carbocycles. The number of alkyl halides is 2. The van der Waals surface area contributed by atoms with Crippen molar-refractivity contribution in [2.75, 3.05) is 5.32 Å². The standard InChI is InChI=1S/C14H9BrF3NO2/c15-11-7-9(4-5-12(11)16)19-13(20)8-2-1-3-10(6-8)21-14(17)18/h1-7,14H,(H,19,20). The van der Waals surface area contributed by atoms with Crippen LogP contribution in [0.25, 0.3) is 0 Å². The van der Waals surface area contributed by atoms with E-state index in [9.17, 15) is 18.0 Å². The fourth-order valence-electron chi connectivity index (χ4n) is 1.59. The van der Waals surface area contributed by atoms with Crippen LogP contribution in [0.1, 0.15) is 10.4 Å². The molecule has 0 spiro atoms. The maximum atomic E-state index is 13.1. The topological polar surface area (TPSA) is 38.3 Å². The van der Waals surface area contributed by atoms with Crippen LogP contribution in [0.3, 0.4) is 0 Å². The summed E-state index contributed by atoms with van der Waals surface area (Å²) in [4.78, 5) is 12.0. The van der Waals surface area contributed by atoms with Crippen LogP contribution >= 0.6 is 15.9 Å². The Morgan fingerprint density at radius 2 is 1.95 bits per heavy atom. The van der Waals surface area contributed by atoms with Crippen molar-refractivity contribution in [2.24, 2.45) is 0 Å². The van der Waals surface area contributed by atoms with Crippen molar-refractivity contribution in [1.29, 1.82) is 0 Å². The predicted molar refractivity (Wildman–Crippen MR) is 75.1 cm³/mol. The lowest BCUT2D eigenvalue weighted by molar-refractivity contribution is -0.0498. The average Bonchev–Trinajstić information content (AvgIpc) is 2.42. The molecule has 0 aliphatic carbocycles. The molecular weight excluding hydrogens is 351 g/mol. The van der Waals surface area contributed by atoms with E-state index in [4.69, 9.17) is 0 Å². The van der Waals surface area contributed by atoms with Crippen LogP contribution in [0.5, 0.6) is 5.75 Å². The van der Waals surface area contributed by atoms with Crippen molar-refractivity contribution in [2.45, 2.75) is 6.61 Å². The fraction of sp³-hybridized carbons (Fsp3) is 0.0714. The largest absolute Gasteiger partial charge is 0.435 e. The van der Waals surface area contributed by atoms with E-state index in [2.05, 4.69) is 26.0 Å². The van der Waals surface area contributed by atoms with E-state index in [1.54, 1.807) is 0 Å². The minimum Gasteiger partial charge on any atom is -0.435 e. The van der Waals surface area contributed by atoms with Crippen LogP contribution in [0.15, 0.2) is 46.9 Å². The summed E-state index contributed by atoms with van der Waals surface area (Å²) in [5.41, 5.74) is 0.516. The van der Waals surface area contributed by atoms with Crippen molar-refractivity contribution in [3.05, 3.63) is 58.3 Å². The zero-order valence-electron chi connectivity index (χ0n) is 10.4. The number of benzene rings is 2. The number of carbonyl (C=O) groups excluding carboxylic acids is 1. The van der Waals surface area contributed by atoms with Gasteiger partial charge in [-0.25, -0.2) is 4.39 Å². The molecular formula is C14H9BrF3NO2. The molecule has 3 nitrogen and oxygen atoms in total. The van der Waals surface area contributed by atoms with E-state index < -0.39 is 18.3 Å². The Balaban J connectivity index is 2.14. The first-order chi connectivity index (χ1) is 9.95. The molecule has 0 aliphatic heterocycles. The summed E-state index contributed by atoms with van der Waals surface area (Å²) in [6.07, 6.45) is 0. The lowest BCUT2D eigenvalue weighted by Gasteiger charge is -2.08. The molecule has 0 atom stereocenters. The van der Waals surface area contributed by atoms with Crippen LogP contribution in [0.2, 0.25) is 0 Å². The van der Waals surface area contributed by atoms with E-state index in [-0.39, 0.29) is 15.8 Å². The number of ether oxygens (including phenoxy) is 1. The number of rotatable bonds is 4. The molecule has 1 amide bonds. The van der Waals surface area contributed by atoms with Gasteiger partial charge in [-0.1, -0.05) is 6.07 Å². The van der Waals surface area contributed by atoms with Gasteiger partial charge in [-0.15, -0.1) is 0 Å². The van der Waals surface area contributed by atoms with Gasteiger partial charge in [0, 0.05) is 11.3 Å². The van der Waals surface area contributed by atoms with Gasteiger partial charge in [0.2, 0.25) is 0 Å². The summed E-state index contributed by atoms with van der Waals surface area (Å²) >= 11 is 3.00. The number of carbonyl (C=O) groups is 1. The lowest BCUT2D eigenvalue weighted by Crippen LogP contribution is -2.12. The quantitative estimate of drug-likeness (QED) is 0.876. The van der Waals surface area contributed by atoms with Crippen LogP contribution in [-0.4, -0.2) is 12.5 Å². The minimum atomic E-state index is -2.96. The average molecular weight is 360 g/mol. The van der Waals surface area contributed by atoms with Gasteiger partial charge in [0.1, 0.15) is 11.6 Å². The predicted octanol–water partition coefficient (Wildman–Crippen LogP) is 4.44. The molecule has 21 heavy (non-hydrogen) atoms. The van der Waals surface area contributed by atoms with Gasteiger partial charge in [0.15, 0.2) is 0 Å². The molecule has 0 radical (unpaired) electrons. The van der Waals surface area contributed by atoms with Gasteiger partial charge in [-0.3, -0.25) is 4.79 Å². The molecule has 2 rings (SSSR count). The monoisotopic (exact) mass is 359 g/mol. The Hall–Kier alpha value is -2.02. The second-order valence-electron chi connectivity index (χ2n) is 3.99. The van der Waals surface area contributed by atoms with Gasteiger partial charge >= 0.3 is 6.61 Å². The summed E-state index contributed by atoms with van der Waals surface area (Å²) in [6.45, 7) is -2.96. The number of hydrogen-bond donors (Lipinski definition) is 1. The summed E-state index contributed by atoms with van der Waals surface area (Å²) < 4.78 is 41.7. The van der Waals surface area contributed by atoms with E-state index >= 15 is 0 Å². The Kier molecular flexibility index (Phi) is 4.85. The summed E-state index contributed by atoms with van der Waals surface area (Å²) in [5.74, 6) is -1.09. The summed E-state index contributed by atoms with van der Waals surface area (Å²) in [6, 6.07) is 9.36. The van der Waals surface area contributed by atoms with E-state index in [1.165, 1.54) is 42.5 Å². The summed E-state index contributed by atoms with van der Waals surface area (Å²) in [7, 11) is 0. The molecule has 0 unspecified atom stereocenters. The molecule has 2 aromatic rings. The third kappa shape index (κ3) is 4.22. The fourth-order valence-corrected chi connectivity index (χ4v) is 1.97. The highest BCUT2D eigenvalue weighted by atomic mass is 79.9. The molecule has 0 saturated heterocycles. The first-order valence-corrected chi connectivity index (χ1v) is 6.56. The second-order valence-corrected chi connectivity index (χ2v) is 4.84. The van der Waals surface area contributed by atoms with Crippen molar-refractivity contribution in [3.8, 4) is 5.75 Å². The molecule has 7 heteroatoms. The van der Waals surface area contributed by atoms with Gasteiger partial charge < -0.3 is 10.1 Å². The Morgan fingerprint density at radius 1 is 1.19 bits per heavy atom. The van der Waals surface area contributed by atoms with Crippen molar-refractivity contribution >= 4 is 27.5 Å². The number of halogens is 4.